The van der Waals surface area contributed by atoms with E-state index in [0.717, 1.165) is 25.7 Å². The zero-order valence-electron chi connectivity index (χ0n) is 30.1. The van der Waals surface area contributed by atoms with Crippen molar-refractivity contribution >= 4 is 19.8 Å². The summed E-state index contributed by atoms with van der Waals surface area (Å²) in [6.45, 7) is 2.12. The van der Waals surface area contributed by atoms with Gasteiger partial charge in [0.25, 0.3) is 0 Å². The smallest absolute Gasteiger partial charge is 0.462 e. The van der Waals surface area contributed by atoms with Crippen LogP contribution in [0.4, 0.5) is 0 Å². The van der Waals surface area contributed by atoms with E-state index in [1.54, 1.807) is 0 Å². The lowest BCUT2D eigenvalue weighted by Crippen LogP contribution is -2.29. The summed E-state index contributed by atoms with van der Waals surface area (Å²) in [6, 6.07) is 0. The minimum atomic E-state index is -4.63. The van der Waals surface area contributed by atoms with Crippen LogP contribution in [-0.2, 0) is 32.7 Å². The quantitative estimate of drug-likeness (QED) is 0.0261. The molecule has 282 valence electrons. The fraction of sp³-hybridized carbons (Fsp3) is 0.684. The molecule has 0 aliphatic heterocycles. The maximum atomic E-state index is 12.5. The number of phosphoric ester groups is 1. The normalized spacial score (nSPS) is 14.8. The van der Waals surface area contributed by atoms with Gasteiger partial charge in [0.15, 0.2) is 6.10 Å². The lowest BCUT2D eigenvalue weighted by Gasteiger charge is -2.20. The van der Waals surface area contributed by atoms with Crippen LogP contribution in [0.1, 0.15) is 129 Å². The summed E-state index contributed by atoms with van der Waals surface area (Å²) in [5.41, 5.74) is 0. The first-order chi connectivity index (χ1) is 23.7. The first-order valence-corrected chi connectivity index (χ1v) is 19.8. The van der Waals surface area contributed by atoms with Crippen molar-refractivity contribution in [3.05, 3.63) is 60.8 Å². The molecule has 0 rings (SSSR count). The first kappa shape index (κ1) is 46.7. The van der Waals surface area contributed by atoms with Gasteiger partial charge in [-0.25, -0.2) is 4.57 Å². The van der Waals surface area contributed by atoms with Crippen molar-refractivity contribution < 1.29 is 47.8 Å². The molecule has 0 amide bonds. The highest BCUT2D eigenvalue weighted by atomic mass is 31.2. The highest BCUT2D eigenvalue weighted by molar-refractivity contribution is 7.47. The van der Waals surface area contributed by atoms with E-state index in [0.29, 0.717) is 19.3 Å². The SMILES string of the molecule is CC/C=C/C=C/C=C/C=C/C=C/CCCC(=O)OC(COC(=O)CCCCCCCCCCCCCCC)COP(=O)(O)OC[C@@H](O)CO. The van der Waals surface area contributed by atoms with E-state index in [4.69, 9.17) is 19.1 Å². The molecular weight excluding hydrogens is 647 g/mol. The van der Waals surface area contributed by atoms with Crippen molar-refractivity contribution in [3.8, 4) is 0 Å². The highest BCUT2D eigenvalue weighted by Gasteiger charge is 2.27. The van der Waals surface area contributed by atoms with E-state index < -0.39 is 51.8 Å². The number of rotatable bonds is 33. The molecule has 0 aromatic heterocycles. The number of hydrogen-bond acceptors (Lipinski definition) is 9. The number of allylic oxidation sites excluding steroid dienone is 10. The fourth-order valence-electron chi connectivity index (χ4n) is 4.49. The Kier molecular flexibility index (Phi) is 32.5. The zero-order valence-corrected chi connectivity index (χ0v) is 31.0. The van der Waals surface area contributed by atoms with Gasteiger partial charge in [-0.3, -0.25) is 18.6 Å². The summed E-state index contributed by atoms with van der Waals surface area (Å²) in [6.07, 6.45) is 34.9. The molecule has 10 nitrogen and oxygen atoms in total. The minimum absolute atomic E-state index is 0.0867. The summed E-state index contributed by atoms with van der Waals surface area (Å²) in [7, 11) is -4.63. The number of unbranched alkanes of at least 4 members (excludes halogenated alkanes) is 13. The lowest BCUT2D eigenvalue weighted by molar-refractivity contribution is -0.161. The second-order valence-electron chi connectivity index (χ2n) is 12.0. The van der Waals surface area contributed by atoms with E-state index in [-0.39, 0.29) is 19.4 Å². The minimum Gasteiger partial charge on any atom is -0.462 e. The van der Waals surface area contributed by atoms with Crippen molar-refractivity contribution in [2.45, 2.75) is 142 Å². The van der Waals surface area contributed by atoms with E-state index in [1.165, 1.54) is 57.8 Å². The van der Waals surface area contributed by atoms with Crippen molar-refractivity contribution in [2.75, 3.05) is 26.4 Å². The van der Waals surface area contributed by atoms with Crippen molar-refractivity contribution in [1.82, 2.24) is 0 Å². The molecule has 49 heavy (non-hydrogen) atoms. The topological polar surface area (TPSA) is 149 Å². The second kappa shape index (κ2) is 34.1. The molecule has 0 spiro atoms. The summed E-state index contributed by atoms with van der Waals surface area (Å²) in [5, 5.41) is 18.2. The Labute approximate surface area is 296 Å². The third kappa shape index (κ3) is 33.9. The Bertz CT molecular complexity index is 1000. The number of carbonyl (C=O) groups excluding carboxylic acids is 2. The van der Waals surface area contributed by atoms with Crippen LogP contribution in [0.15, 0.2) is 60.8 Å². The van der Waals surface area contributed by atoms with Crippen LogP contribution in [0.3, 0.4) is 0 Å². The molecule has 0 aromatic carbocycles. The van der Waals surface area contributed by atoms with Gasteiger partial charge >= 0.3 is 19.8 Å². The van der Waals surface area contributed by atoms with E-state index >= 15 is 0 Å². The molecule has 0 saturated carbocycles. The maximum absolute atomic E-state index is 12.5. The summed E-state index contributed by atoms with van der Waals surface area (Å²) in [5.74, 6) is -1.02. The van der Waals surface area contributed by atoms with Gasteiger partial charge in [-0.15, -0.1) is 0 Å². The Morgan fingerprint density at radius 3 is 1.67 bits per heavy atom. The van der Waals surface area contributed by atoms with E-state index in [2.05, 4.69) is 24.4 Å². The van der Waals surface area contributed by atoms with Gasteiger partial charge in [0.1, 0.15) is 12.7 Å². The predicted octanol–water partition coefficient (Wildman–Crippen LogP) is 8.77. The number of ether oxygens (including phenoxy) is 2. The lowest BCUT2D eigenvalue weighted by atomic mass is 10.0. The van der Waals surface area contributed by atoms with Gasteiger partial charge < -0.3 is 24.6 Å². The molecule has 3 atom stereocenters. The Balaban J connectivity index is 4.52. The molecule has 3 N–H and O–H groups in total. The number of aliphatic hydroxyl groups excluding tert-OH is 2. The largest absolute Gasteiger partial charge is 0.472 e. The molecular formula is C38H65O10P. The number of esters is 2. The molecule has 0 bridgehead atoms. The molecule has 11 heteroatoms. The van der Waals surface area contributed by atoms with Crippen LogP contribution in [0, 0.1) is 0 Å². The standard InChI is InChI=1S/C38H65O10P/c1-3-5-7-9-11-13-15-17-19-21-23-25-27-29-37(41)45-33-36(34-47-49(43,44)46-32-35(40)31-39)48-38(42)30-28-26-24-22-20-18-16-14-12-10-8-6-4-2/h6,8,10,12,14,16,18,20,22,24,35-36,39-40H,3-5,7,9,11,13,15,17,19,21,23,25-34H2,1-2H3,(H,43,44)/b8-6+,12-10+,16-14+,20-18+,24-22+/t35-,36?/m0/s1. The molecule has 0 fully saturated rings. The van der Waals surface area contributed by atoms with Gasteiger partial charge in [-0.1, -0.05) is 152 Å². The van der Waals surface area contributed by atoms with Crippen LogP contribution in [0.25, 0.3) is 0 Å². The maximum Gasteiger partial charge on any atom is 0.472 e. The van der Waals surface area contributed by atoms with Crippen LogP contribution in [0.2, 0.25) is 0 Å². The number of aliphatic hydroxyl groups is 2. The van der Waals surface area contributed by atoms with Crippen LogP contribution < -0.4 is 0 Å². The van der Waals surface area contributed by atoms with Crippen LogP contribution in [0.5, 0.6) is 0 Å². The molecule has 0 saturated heterocycles. The summed E-state index contributed by atoms with van der Waals surface area (Å²) >= 11 is 0. The number of carbonyl (C=O) groups is 2. The van der Waals surface area contributed by atoms with Gasteiger partial charge in [0.2, 0.25) is 0 Å². The van der Waals surface area contributed by atoms with Gasteiger partial charge in [0.05, 0.1) is 19.8 Å². The van der Waals surface area contributed by atoms with Gasteiger partial charge in [-0.2, -0.15) is 0 Å². The van der Waals surface area contributed by atoms with Gasteiger partial charge in [0, 0.05) is 12.8 Å². The third-order valence-corrected chi connectivity index (χ3v) is 8.27. The fourth-order valence-corrected chi connectivity index (χ4v) is 5.28. The first-order valence-electron chi connectivity index (χ1n) is 18.3. The van der Waals surface area contributed by atoms with Gasteiger partial charge in [-0.05, 0) is 25.7 Å². The van der Waals surface area contributed by atoms with E-state index in [9.17, 15) is 24.2 Å². The third-order valence-electron chi connectivity index (χ3n) is 7.31. The molecule has 0 aliphatic carbocycles. The number of phosphoric acid groups is 1. The van der Waals surface area contributed by atoms with Crippen LogP contribution >= 0.6 is 7.82 Å². The monoisotopic (exact) mass is 712 g/mol. The Hall–Kier alpha value is -2.33. The predicted molar refractivity (Wildman–Crippen MR) is 196 cm³/mol. The molecule has 0 radical (unpaired) electrons. The molecule has 2 unspecified atom stereocenters. The Morgan fingerprint density at radius 1 is 0.633 bits per heavy atom. The summed E-state index contributed by atoms with van der Waals surface area (Å²) in [4.78, 5) is 34.7. The van der Waals surface area contributed by atoms with Crippen molar-refractivity contribution in [3.63, 3.8) is 0 Å². The zero-order chi connectivity index (χ0) is 36.3. The van der Waals surface area contributed by atoms with Crippen molar-refractivity contribution in [1.29, 1.82) is 0 Å². The molecule has 0 heterocycles. The molecule has 0 aliphatic rings. The molecule has 0 aromatic rings. The summed E-state index contributed by atoms with van der Waals surface area (Å²) < 4.78 is 32.4. The average Bonchev–Trinajstić information content (AvgIpc) is 3.09. The Morgan fingerprint density at radius 2 is 1.12 bits per heavy atom. The number of hydrogen-bond donors (Lipinski definition) is 3. The van der Waals surface area contributed by atoms with Crippen molar-refractivity contribution in [2.24, 2.45) is 0 Å². The average molecular weight is 713 g/mol. The highest BCUT2D eigenvalue weighted by Crippen LogP contribution is 2.43. The second-order valence-corrected chi connectivity index (χ2v) is 13.4. The van der Waals surface area contributed by atoms with E-state index in [1.807, 2.05) is 54.7 Å². The van der Waals surface area contributed by atoms with Crippen LogP contribution in [-0.4, -0.2) is 65.7 Å².